The number of halogens is 1. The van der Waals surface area contributed by atoms with Crippen molar-refractivity contribution in [3.05, 3.63) is 29.6 Å². The van der Waals surface area contributed by atoms with Gasteiger partial charge in [-0.25, -0.2) is 9.18 Å². The van der Waals surface area contributed by atoms with Gasteiger partial charge in [-0.05, 0) is 37.3 Å². The molecular weight excluding hydrogens is 267 g/mol. The lowest BCUT2D eigenvalue weighted by atomic mass is 10.2. The van der Waals surface area contributed by atoms with E-state index in [9.17, 15) is 9.18 Å². The average Bonchev–Trinajstić information content (AvgIpc) is 2.33. The molecule has 0 saturated carbocycles. The van der Waals surface area contributed by atoms with Gasteiger partial charge in [0, 0.05) is 18.4 Å². The zero-order chi connectivity index (χ0) is 14.3. The van der Waals surface area contributed by atoms with E-state index in [4.69, 9.17) is 5.11 Å². The fourth-order valence-electron chi connectivity index (χ4n) is 1.62. The Bertz CT molecular complexity index is 423. The minimum Gasteiger partial charge on any atom is -0.396 e. The predicted molar refractivity (Wildman–Crippen MR) is 77.2 cm³/mol. The molecule has 0 aliphatic carbocycles. The van der Waals surface area contributed by atoms with E-state index in [2.05, 4.69) is 10.6 Å². The van der Waals surface area contributed by atoms with Crippen molar-refractivity contribution < 1.29 is 14.3 Å². The highest BCUT2D eigenvalue weighted by Crippen LogP contribution is 2.15. The fourth-order valence-corrected chi connectivity index (χ4v) is 2.27. The van der Waals surface area contributed by atoms with E-state index in [1.54, 1.807) is 24.8 Å². The number of benzene rings is 1. The van der Waals surface area contributed by atoms with Crippen molar-refractivity contribution >= 4 is 23.5 Å². The predicted octanol–water partition coefficient (Wildman–Crippen LogP) is 2.37. The van der Waals surface area contributed by atoms with Crippen molar-refractivity contribution in [1.29, 1.82) is 0 Å². The van der Waals surface area contributed by atoms with Crippen LogP contribution in [0.3, 0.4) is 0 Å². The number of aliphatic hydroxyl groups is 1. The van der Waals surface area contributed by atoms with Gasteiger partial charge in [0.2, 0.25) is 0 Å². The van der Waals surface area contributed by atoms with Gasteiger partial charge in [0.05, 0.1) is 5.69 Å². The highest BCUT2D eigenvalue weighted by atomic mass is 32.2. The van der Waals surface area contributed by atoms with Crippen molar-refractivity contribution in [1.82, 2.24) is 5.32 Å². The van der Waals surface area contributed by atoms with Crippen LogP contribution < -0.4 is 10.6 Å². The Balaban J connectivity index is 2.58. The second-order valence-corrected chi connectivity index (χ2v) is 5.16. The number of carbonyl (C=O) groups excluding carboxylic acids is 1. The molecule has 0 heterocycles. The van der Waals surface area contributed by atoms with Gasteiger partial charge in [0.25, 0.3) is 0 Å². The quantitative estimate of drug-likeness (QED) is 0.752. The molecule has 0 saturated heterocycles. The molecule has 0 aliphatic rings. The molecule has 0 aromatic heterocycles. The van der Waals surface area contributed by atoms with Crippen LogP contribution in [0.2, 0.25) is 0 Å². The van der Waals surface area contributed by atoms with Crippen molar-refractivity contribution in [2.75, 3.05) is 23.9 Å². The third-order valence-electron chi connectivity index (χ3n) is 2.55. The van der Waals surface area contributed by atoms with E-state index < -0.39 is 11.8 Å². The standard InChI is InChI=1S/C13H19FN2O2S/c1-9-3-4-12(11(14)7-9)16-13(18)15-10(5-6-17)8-19-2/h3-4,7,10,17H,5-6,8H2,1-2H3,(H2,15,16,18)/t10-/m0/s1. The highest BCUT2D eigenvalue weighted by Gasteiger charge is 2.12. The first-order valence-electron chi connectivity index (χ1n) is 6.00. The van der Waals surface area contributed by atoms with E-state index in [1.807, 2.05) is 6.26 Å². The number of hydrogen-bond acceptors (Lipinski definition) is 3. The SMILES string of the molecule is CSC[C@H](CCO)NC(=O)Nc1ccc(C)cc1F. The largest absolute Gasteiger partial charge is 0.396 e. The minimum atomic E-state index is -0.463. The molecule has 0 spiro atoms. The molecule has 19 heavy (non-hydrogen) atoms. The Morgan fingerprint density at radius 2 is 2.26 bits per heavy atom. The van der Waals surface area contributed by atoms with Gasteiger partial charge in [0.1, 0.15) is 5.82 Å². The van der Waals surface area contributed by atoms with Gasteiger partial charge < -0.3 is 15.7 Å². The molecule has 0 radical (unpaired) electrons. The Morgan fingerprint density at radius 1 is 1.53 bits per heavy atom. The smallest absolute Gasteiger partial charge is 0.319 e. The molecule has 0 fully saturated rings. The number of aryl methyl sites for hydroxylation is 1. The van der Waals surface area contributed by atoms with Crippen LogP contribution >= 0.6 is 11.8 Å². The number of carbonyl (C=O) groups is 1. The molecule has 1 aromatic carbocycles. The van der Waals surface area contributed by atoms with E-state index in [-0.39, 0.29) is 18.3 Å². The summed E-state index contributed by atoms with van der Waals surface area (Å²) >= 11 is 1.58. The topological polar surface area (TPSA) is 61.4 Å². The van der Waals surface area contributed by atoms with Crippen LogP contribution in [0, 0.1) is 12.7 Å². The number of nitrogens with one attached hydrogen (secondary N) is 2. The molecule has 0 unspecified atom stereocenters. The van der Waals surface area contributed by atoms with Crippen molar-refractivity contribution in [2.24, 2.45) is 0 Å². The third kappa shape index (κ3) is 5.48. The minimum absolute atomic E-state index is 0.00436. The Morgan fingerprint density at radius 3 is 2.84 bits per heavy atom. The second kappa shape index (κ2) is 8.01. The van der Waals surface area contributed by atoms with Crippen LogP contribution in [-0.2, 0) is 0 Å². The summed E-state index contributed by atoms with van der Waals surface area (Å²) in [4.78, 5) is 11.7. The van der Waals surface area contributed by atoms with Gasteiger partial charge in [-0.3, -0.25) is 0 Å². The van der Waals surface area contributed by atoms with Gasteiger partial charge in [-0.1, -0.05) is 6.07 Å². The molecule has 2 amide bonds. The lowest BCUT2D eigenvalue weighted by molar-refractivity contribution is 0.241. The lowest BCUT2D eigenvalue weighted by Crippen LogP contribution is -2.40. The molecular formula is C13H19FN2O2S. The summed E-state index contributed by atoms with van der Waals surface area (Å²) in [6, 6.07) is 4.03. The summed E-state index contributed by atoms with van der Waals surface area (Å²) in [5, 5.41) is 14.1. The Labute approximate surface area is 116 Å². The monoisotopic (exact) mass is 286 g/mol. The molecule has 106 valence electrons. The molecule has 6 heteroatoms. The summed E-state index contributed by atoms with van der Waals surface area (Å²) in [5.41, 5.74) is 0.944. The summed E-state index contributed by atoms with van der Waals surface area (Å²) in [6.45, 7) is 1.78. The number of urea groups is 1. The molecule has 1 aromatic rings. The second-order valence-electron chi connectivity index (χ2n) is 4.25. The van der Waals surface area contributed by atoms with Crippen LogP contribution in [0.25, 0.3) is 0 Å². The maximum Gasteiger partial charge on any atom is 0.319 e. The average molecular weight is 286 g/mol. The summed E-state index contributed by atoms with van der Waals surface area (Å²) < 4.78 is 13.6. The lowest BCUT2D eigenvalue weighted by Gasteiger charge is -2.17. The number of thioether (sulfide) groups is 1. The van der Waals surface area contributed by atoms with Crippen LogP contribution in [-0.4, -0.2) is 35.8 Å². The number of rotatable bonds is 6. The van der Waals surface area contributed by atoms with Crippen molar-refractivity contribution in [3.63, 3.8) is 0 Å². The van der Waals surface area contributed by atoms with Gasteiger partial charge in [-0.2, -0.15) is 11.8 Å². The number of amides is 2. The Hall–Kier alpha value is -1.27. The highest BCUT2D eigenvalue weighted by molar-refractivity contribution is 7.98. The molecule has 3 N–H and O–H groups in total. The van der Waals surface area contributed by atoms with Gasteiger partial charge in [-0.15, -0.1) is 0 Å². The maximum atomic E-state index is 13.6. The van der Waals surface area contributed by atoms with E-state index in [0.717, 1.165) is 5.56 Å². The molecule has 4 nitrogen and oxygen atoms in total. The fraction of sp³-hybridized carbons (Fsp3) is 0.462. The molecule has 0 aliphatic heterocycles. The molecule has 0 bridgehead atoms. The van der Waals surface area contributed by atoms with Crippen LogP contribution in [0.15, 0.2) is 18.2 Å². The zero-order valence-corrected chi connectivity index (χ0v) is 11.9. The number of anilines is 1. The first kappa shape index (κ1) is 15.8. The first-order chi connectivity index (χ1) is 9.06. The first-order valence-corrected chi connectivity index (χ1v) is 7.39. The number of aliphatic hydroxyl groups excluding tert-OH is 1. The van der Waals surface area contributed by atoms with Crippen LogP contribution in [0.4, 0.5) is 14.9 Å². The van der Waals surface area contributed by atoms with E-state index in [0.29, 0.717) is 12.2 Å². The van der Waals surface area contributed by atoms with E-state index >= 15 is 0 Å². The van der Waals surface area contributed by atoms with Gasteiger partial charge in [0.15, 0.2) is 0 Å². The maximum absolute atomic E-state index is 13.6. The third-order valence-corrected chi connectivity index (χ3v) is 3.29. The van der Waals surface area contributed by atoms with Crippen molar-refractivity contribution in [3.8, 4) is 0 Å². The molecule has 1 atom stereocenters. The van der Waals surface area contributed by atoms with Crippen molar-refractivity contribution in [2.45, 2.75) is 19.4 Å². The molecule has 1 rings (SSSR count). The Kier molecular flexibility index (Phi) is 6.66. The van der Waals surface area contributed by atoms with E-state index in [1.165, 1.54) is 12.1 Å². The van der Waals surface area contributed by atoms with Gasteiger partial charge >= 0.3 is 6.03 Å². The normalized spacial score (nSPS) is 12.0. The van der Waals surface area contributed by atoms with Crippen LogP contribution in [0.5, 0.6) is 0 Å². The summed E-state index contributed by atoms with van der Waals surface area (Å²) in [6.07, 6.45) is 2.40. The summed E-state index contributed by atoms with van der Waals surface area (Å²) in [7, 11) is 0. The van der Waals surface area contributed by atoms with Crippen LogP contribution in [0.1, 0.15) is 12.0 Å². The summed E-state index contributed by atoms with van der Waals surface area (Å²) in [5.74, 6) is 0.239. The number of hydrogen-bond donors (Lipinski definition) is 3. The zero-order valence-electron chi connectivity index (χ0n) is 11.1.